The smallest absolute Gasteiger partial charge is 0.221 e. The molecule has 18 heavy (non-hydrogen) atoms. The molecule has 1 heterocycles. The summed E-state index contributed by atoms with van der Waals surface area (Å²) in [5, 5.41) is 2.76. The third kappa shape index (κ3) is 2.14. The molecule has 4 nitrogen and oxygen atoms in total. The van der Waals surface area contributed by atoms with E-state index in [0.29, 0.717) is 6.04 Å². The van der Waals surface area contributed by atoms with Crippen LogP contribution in [0.1, 0.15) is 25.8 Å². The van der Waals surface area contributed by atoms with Crippen LogP contribution in [0.4, 0.5) is 5.69 Å². The van der Waals surface area contributed by atoms with E-state index in [1.807, 2.05) is 36.7 Å². The highest BCUT2D eigenvalue weighted by atomic mass is 16.1. The predicted octanol–water partition coefficient (Wildman–Crippen LogP) is 2.84. The van der Waals surface area contributed by atoms with Crippen molar-refractivity contribution in [1.82, 2.24) is 9.55 Å². The normalized spacial score (nSPS) is 14.5. The lowest BCUT2D eigenvalue weighted by molar-refractivity contribution is -0.114. The molecule has 1 fully saturated rings. The molecule has 1 aromatic heterocycles. The minimum Gasteiger partial charge on any atom is -0.328 e. The fourth-order valence-corrected chi connectivity index (χ4v) is 2.09. The fourth-order valence-electron chi connectivity index (χ4n) is 2.09. The van der Waals surface area contributed by atoms with Crippen molar-refractivity contribution in [1.29, 1.82) is 0 Å². The van der Waals surface area contributed by atoms with E-state index in [1.165, 1.54) is 19.8 Å². The van der Waals surface area contributed by atoms with Gasteiger partial charge in [-0.1, -0.05) is 0 Å². The number of nitrogens with one attached hydrogen (secondary N) is 1. The molecule has 1 saturated carbocycles. The molecular weight excluding hydrogens is 226 g/mol. The van der Waals surface area contributed by atoms with Gasteiger partial charge in [0.05, 0.1) is 0 Å². The molecule has 0 unspecified atom stereocenters. The summed E-state index contributed by atoms with van der Waals surface area (Å²) in [5.41, 5.74) is 1.90. The van der Waals surface area contributed by atoms with Gasteiger partial charge in [-0.3, -0.25) is 4.79 Å². The van der Waals surface area contributed by atoms with Gasteiger partial charge in [0.15, 0.2) is 0 Å². The standard InChI is InChI=1S/C14H15N3O/c1-10(18)16-12-4-2-11(3-5-12)14-15-8-9-17(14)13-6-7-13/h2-5,8-9,13H,6-7H2,1H3,(H,16,18). The third-order valence-corrected chi connectivity index (χ3v) is 3.07. The first kappa shape index (κ1) is 11.0. The molecule has 1 amide bonds. The zero-order valence-corrected chi connectivity index (χ0v) is 10.3. The Morgan fingerprint density at radius 3 is 2.67 bits per heavy atom. The molecular formula is C14H15N3O. The van der Waals surface area contributed by atoms with Crippen LogP contribution >= 0.6 is 0 Å². The van der Waals surface area contributed by atoms with Gasteiger partial charge in [-0.15, -0.1) is 0 Å². The summed E-state index contributed by atoms with van der Waals surface area (Å²) in [4.78, 5) is 15.4. The number of aromatic nitrogens is 2. The Bertz CT molecular complexity index is 567. The van der Waals surface area contributed by atoms with Gasteiger partial charge in [0.2, 0.25) is 5.91 Å². The summed E-state index contributed by atoms with van der Waals surface area (Å²) in [7, 11) is 0. The molecule has 0 aliphatic heterocycles. The zero-order valence-electron chi connectivity index (χ0n) is 10.3. The summed E-state index contributed by atoms with van der Waals surface area (Å²) in [6.07, 6.45) is 6.37. The molecule has 4 heteroatoms. The van der Waals surface area contributed by atoms with E-state index in [-0.39, 0.29) is 5.91 Å². The molecule has 1 N–H and O–H groups in total. The highest BCUT2D eigenvalue weighted by Gasteiger charge is 2.25. The number of nitrogens with zero attached hydrogens (tertiary/aromatic N) is 2. The van der Waals surface area contributed by atoms with Gasteiger partial charge in [-0.2, -0.15) is 0 Å². The van der Waals surface area contributed by atoms with Crippen molar-refractivity contribution < 1.29 is 4.79 Å². The maximum absolute atomic E-state index is 11.0. The van der Waals surface area contributed by atoms with Gasteiger partial charge in [0.1, 0.15) is 5.82 Å². The van der Waals surface area contributed by atoms with Gasteiger partial charge < -0.3 is 9.88 Å². The Kier molecular flexibility index (Phi) is 2.63. The first-order valence-electron chi connectivity index (χ1n) is 6.15. The van der Waals surface area contributed by atoms with E-state index in [9.17, 15) is 4.79 Å². The van der Waals surface area contributed by atoms with Crippen molar-refractivity contribution in [2.75, 3.05) is 5.32 Å². The number of carbonyl (C=O) groups excluding carboxylic acids is 1. The Hall–Kier alpha value is -2.10. The molecule has 0 bridgehead atoms. The second-order valence-electron chi connectivity index (χ2n) is 4.65. The molecule has 0 atom stereocenters. The number of carbonyl (C=O) groups is 1. The Morgan fingerprint density at radius 1 is 1.33 bits per heavy atom. The number of benzene rings is 1. The van der Waals surface area contributed by atoms with Crippen LogP contribution in [-0.4, -0.2) is 15.5 Å². The quantitative estimate of drug-likeness (QED) is 0.898. The zero-order chi connectivity index (χ0) is 12.5. The van der Waals surface area contributed by atoms with Gasteiger partial charge in [-0.25, -0.2) is 4.98 Å². The van der Waals surface area contributed by atoms with Crippen LogP contribution in [0.2, 0.25) is 0 Å². The number of hydrogen-bond donors (Lipinski definition) is 1. The molecule has 0 saturated heterocycles. The SMILES string of the molecule is CC(=O)Nc1ccc(-c2nccn2C2CC2)cc1. The van der Waals surface area contributed by atoms with Crippen LogP contribution in [0.3, 0.4) is 0 Å². The van der Waals surface area contributed by atoms with E-state index < -0.39 is 0 Å². The van der Waals surface area contributed by atoms with E-state index in [1.54, 1.807) is 0 Å². The number of anilines is 1. The van der Waals surface area contributed by atoms with E-state index >= 15 is 0 Å². The van der Waals surface area contributed by atoms with Crippen LogP contribution < -0.4 is 5.32 Å². The number of amides is 1. The van der Waals surface area contributed by atoms with Gasteiger partial charge in [0, 0.05) is 36.6 Å². The summed E-state index contributed by atoms with van der Waals surface area (Å²) in [6, 6.07) is 8.42. The monoisotopic (exact) mass is 241 g/mol. The van der Waals surface area contributed by atoms with Crippen molar-refractivity contribution in [2.24, 2.45) is 0 Å². The summed E-state index contributed by atoms with van der Waals surface area (Å²) in [6.45, 7) is 1.51. The maximum atomic E-state index is 11.0. The highest BCUT2D eigenvalue weighted by molar-refractivity contribution is 5.88. The second kappa shape index (κ2) is 4.29. The topological polar surface area (TPSA) is 46.9 Å². The van der Waals surface area contributed by atoms with Crippen LogP contribution in [-0.2, 0) is 4.79 Å². The molecule has 92 valence electrons. The maximum Gasteiger partial charge on any atom is 0.221 e. The minimum absolute atomic E-state index is 0.0535. The average molecular weight is 241 g/mol. The lowest BCUT2D eigenvalue weighted by Gasteiger charge is -2.07. The first-order chi connectivity index (χ1) is 8.74. The van der Waals surface area contributed by atoms with Crippen molar-refractivity contribution in [3.8, 4) is 11.4 Å². The average Bonchev–Trinajstić information content (AvgIpc) is 3.08. The van der Waals surface area contributed by atoms with Crippen LogP contribution in [0, 0.1) is 0 Å². The fraction of sp³-hybridized carbons (Fsp3) is 0.286. The summed E-state index contributed by atoms with van der Waals surface area (Å²) >= 11 is 0. The second-order valence-corrected chi connectivity index (χ2v) is 4.65. The predicted molar refractivity (Wildman–Crippen MR) is 70.2 cm³/mol. The Morgan fingerprint density at radius 2 is 2.06 bits per heavy atom. The minimum atomic E-state index is -0.0535. The Balaban J connectivity index is 1.87. The van der Waals surface area contributed by atoms with Crippen LogP contribution in [0.15, 0.2) is 36.7 Å². The Labute approximate surface area is 106 Å². The first-order valence-corrected chi connectivity index (χ1v) is 6.15. The van der Waals surface area contributed by atoms with Crippen molar-refractivity contribution >= 4 is 11.6 Å². The summed E-state index contributed by atoms with van der Waals surface area (Å²) in [5.74, 6) is 0.953. The molecule has 3 rings (SSSR count). The number of rotatable bonds is 3. The number of hydrogen-bond acceptors (Lipinski definition) is 2. The van der Waals surface area contributed by atoms with Crippen molar-refractivity contribution in [3.63, 3.8) is 0 Å². The van der Waals surface area contributed by atoms with E-state index in [4.69, 9.17) is 0 Å². The molecule has 0 radical (unpaired) electrons. The highest BCUT2D eigenvalue weighted by Crippen LogP contribution is 2.37. The third-order valence-electron chi connectivity index (χ3n) is 3.07. The lowest BCUT2D eigenvalue weighted by Crippen LogP contribution is -2.05. The summed E-state index contributed by atoms with van der Waals surface area (Å²) < 4.78 is 2.23. The molecule has 2 aromatic rings. The van der Waals surface area contributed by atoms with E-state index in [0.717, 1.165) is 17.1 Å². The van der Waals surface area contributed by atoms with Gasteiger partial charge >= 0.3 is 0 Å². The molecule has 1 aliphatic rings. The molecule has 1 aliphatic carbocycles. The lowest BCUT2D eigenvalue weighted by atomic mass is 10.2. The van der Waals surface area contributed by atoms with Crippen molar-refractivity contribution in [2.45, 2.75) is 25.8 Å². The van der Waals surface area contributed by atoms with Crippen LogP contribution in [0.25, 0.3) is 11.4 Å². The molecule has 0 spiro atoms. The van der Waals surface area contributed by atoms with Crippen LogP contribution in [0.5, 0.6) is 0 Å². The van der Waals surface area contributed by atoms with Crippen molar-refractivity contribution in [3.05, 3.63) is 36.7 Å². The molecule has 1 aromatic carbocycles. The largest absolute Gasteiger partial charge is 0.328 e. The van der Waals surface area contributed by atoms with Gasteiger partial charge in [-0.05, 0) is 37.1 Å². The van der Waals surface area contributed by atoms with E-state index in [2.05, 4.69) is 14.9 Å². The number of imidazole rings is 1. The van der Waals surface area contributed by atoms with Gasteiger partial charge in [0.25, 0.3) is 0 Å².